The third-order valence-corrected chi connectivity index (χ3v) is 15.2. The Kier molecular flexibility index (Phi) is 16.8. The van der Waals surface area contributed by atoms with E-state index in [0.717, 1.165) is 88.9 Å². The van der Waals surface area contributed by atoms with Gasteiger partial charge in [-0.2, -0.15) is 0 Å². The summed E-state index contributed by atoms with van der Waals surface area (Å²) >= 11 is 6.57. The van der Waals surface area contributed by atoms with E-state index in [4.69, 9.17) is 16.3 Å². The van der Waals surface area contributed by atoms with Gasteiger partial charge in [0, 0.05) is 12.8 Å². The van der Waals surface area contributed by atoms with E-state index in [1.807, 2.05) is 13.8 Å². The van der Waals surface area contributed by atoms with E-state index in [-0.39, 0.29) is 48.1 Å². The van der Waals surface area contributed by atoms with Gasteiger partial charge in [0.25, 0.3) is 0 Å². The SMILES string of the molecule is Cc1cc(NC2=NC=C(Cl)N(Nc3ccccc3S(=O)(=O)C(C)C)C2)c(OC(C)C)cc1C1CCN(CCCCCCCC(=O)NC2(C(=O)NC3CCC(=O)NC3=O)CCCC2)CC1. The molecule has 4 amide bonds. The van der Waals surface area contributed by atoms with Crippen LogP contribution in [0.2, 0.25) is 0 Å². The Morgan fingerprint density at radius 1 is 0.969 bits per heavy atom. The summed E-state index contributed by atoms with van der Waals surface area (Å²) in [6.07, 6.45) is 12.1. The molecule has 2 aromatic carbocycles. The van der Waals surface area contributed by atoms with Crippen molar-refractivity contribution in [1.82, 2.24) is 25.9 Å². The van der Waals surface area contributed by atoms with Crippen LogP contribution in [-0.2, 0) is 29.0 Å². The Morgan fingerprint density at radius 2 is 1.67 bits per heavy atom. The first kappa shape index (κ1) is 48.8. The van der Waals surface area contributed by atoms with Gasteiger partial charge in [0.15, 0.2) is 9.84 Å². The lowest BCUT2D eigenvalue weighted by Crippen LogP contribution is -2.62. The number of piperidine rings is 2. The van der Waals surface area contributed by atoms with Gasteiger partial charge >= 0.3 is 0 Å². The fourth-order valence-electron chi connectivity index (χ4n) is 9.05. The van der Waals surface area contributed by atoms with Gasteiger partial charge in [0.2, 0.25) is 23.6 Å². The number of hydrazine groups is 1. The molecule has 64 heavy (non-hydrogen) atoms. The zero-order chi connectivity index (χ0) is 46.0. The van der Waals surface area contributed by atoms with Crippen LogP contribution >= 0.6 is 11.6 Å². The number of aryl methyl sites for hydroxylation is 1. The Labute approximate surface area is 383 Å². The number of hydrogen-bond acceptors (Lipinski definition) is 12. The van der Waals surface area contributed by atoms with Crippen molar-refractivity contribution >= 4 is 62.3 Å². The fourth-order valence-corrected chi connectivity index (χ4v) is 10.4. The first-order valence-corrected chi connectivity index (χ1v) is 25.0. The molecule has 3 heterocycles. The third kappa shape index (κ3) is 12.6. The van der Waals surface area contributed by atoms with Gasteiger partial charge in [-0.25, -0.2) is 13.4 Å². The predicted octanol–water partition coefficient (Wildman–Crippen LogP) is 7.03. The summed E-state index contributed by atoms with van der Waals surface area (Å²) in [5.41, 5.74) is 5.91. The van der Waals surface area contributed by atoms with Crippen LogP contribution in [0.25, 0.3) is 0 Å². The number of carbonyl (C=O) groups is 4. The van der Waals surface area contributed by atoms with Crippen molar-refractivity contribution in [3.05, 3.63) is 58.9 Å². The van der Waals surface area contributed by atoms with Crippen LogP contribution in [0.3, 0.4) is 0 Å². The zero-order valence-electron chi connectivity index (χ0n) is 38.1. The molecular formula is C47H67ClN8O7S. The Morgan fingerprint density at radius 3 is 2.38 bits per heavy atom. The molecule has 1 unspecified atom stereocenters. The van der Waals surface area contributed by atoms with Gasteiger partial charge in [-0.15, -0.1) is 0 Å². The summed E-state index contributed by atoms with van der Waals surface area (Å²) in [6, 6.07) is 10.4. The standard InChI is InChI=1S/C47H67ClN8O7S/c1-31(2)63-39-28-35(33(5)27-38(39)50-42-30-56(41(48)29-49-42)54-36-15-10-11-16-40(36)64(61,62)32(3)4)34-20-25-55(26-21-34)24-14-8-6-7-9-17-44(58)53-47(22-12-13-23-47)46(60)51-37-18-19-43(57)52-45(37)59/h10-11,15-16,27-29,31-32,34,37,54H,6-9,12-14,17-26,30H2,1-5H3,(H,49,50)(H,51,60)(H,53,58)(H,52,57,59). The molecule has 15 nitrogen and oxygen atoms in total. The summed E-state index contributed by atoms with van der Waals surface area (Å²) in [5, 5.41) is 13.0. The second kappa shape index (κ2) is 22.0. The van der Waals surface area contributed by atoms with Gasteiger partial charge in [-0.3, -0.25) is 34.9 Å². The molecule has 4 aliphatic rings. The number of rotatable bonds is 19. The van der Waals surface area contributed by atoms with Gasteiger partial charge in [-0.05, 0) is 141 Å². The number of amidine groups is 1. The number of halogens is 1. The predicted molar refractivity (Wildman–Crippen MR) is 251 cm³/mol. The van der Waals surface area contributed by atoms with Crippen molar-refractivity contribution in [3.8, 4) is 5.75 Å². The quantitative estimate of drug-likeness (QED) is 0.0553. The van der Waals surface area contributed by atoms with E-state index in [0.29, 0.717) is 41.9 Å². The van der Waals surface area contributed by atoms with Crippen molar-refractivity contribution in [2.45, 2.75) is 158 Å². The molecule has 1 saturated carbocycles. The number of ether oxygens (including phenoxy) is 1. The minimum atomic E-state index is -3.54. The summed E-state index contributed by atoms with van der Waals surface area (Å²) in [7, 11) is -3.54. The molecule has 1 atom stereocenters. The van der Waals surface area contributed by atoms with Crippen LogP contribution in [-0.4, -0.2) is 96.9 Å². The molecule has 2 aromatic rings. The monoisotopic (exact) mass is 922 g/mol. The van der Waals surface area contributed by atoms with E-state index in [1.165, 1.54) is 17.3 Å². The fraction of sp³-hybridized carbons (Fsp3) is 0.596. The molecule has 2 saturated heterocycles. The Hall–Kier alpha value is -4.67. The van der Waals surface area contributed by atoms with Gasteiger partial charge in [0.05, 0.1) is 40.4 Å². The molecule has 0 spiro atoms. The van der Waals surface area contributed by atoms with E-state index in [2.05, 4.69) is 55.6 Å². The van der Waals surface area contributed by atoms with Crippen molar-refractivity contribution in [3.63, 3.8) is 0 Å². The number of hydrogen-bond donors (Lipinski definition) is 5. The highest BCUT2D eigenvalue weighted by atomic mass is 35.5. The maximum absolute atomic E-state index is 13.3. The average molecular weight is 924 g/mol. The van der Waals surface area contributed by atoms with Crippen molar-refractivity contribution in [2.75, 3.05) is 36.9 Å². The summed E-state index contributed by atoms with van der Waals surface area (Å²) in [6.45, 7) is 12.8. The number of anilines is 2. The first-order chi connectivity index (χ1) is 30.5. The molecule has 5 N–H and O–H groups in total. The molecule has 350 valence electrons. The summed E-state index contributed by atoms with van der Waals surface area (Å²) in [4.78, 5) is 57.3. The van der Waals surface area contributed by atoms with Gasteiger partial charge in [0.1, 0.15) is 28.3 Å². The summed E-state index contributed by atoms with van der Waals surface area (Å²) in [5.74, 6) is 0.493. The molecular weight excluding hydrogens is 856 g/mol. The van der Waals surface area contributed by atoms with E-state index in [1.54, 1.807) is 43.1 Å². The second-order valence-corrected chi connectivity index (χ2v) is 21.1. The largest absolute Gasteiger partial charge is 0.489 e. The molecule has 6 rings (SSSR count). The van der Waals surface area contributed by atoms with Gasteiger partial charge < -0.3 is 25.6 Å². The highest BCUT2D eigenvalue weighted by Gasteiger charge is 2.44. The number of para-hydroxylation sites is 1. The number of aliphatic imine (C=N–C) groups is 1. The molecule has 0 radical (unpaired) electrons. The first-order valence-electron chi connectivity index (χ1n) is 23.1. The zero-order valence-corrected chi connectivity index (χ0v) is 39.6. The number of sulfone groups is 1. The lowest BCUT2D eigenvalue weighted by molar-refractivity contribution is -0.139. The van der Waals surface area contributed by atoms with E-state index in [9.17, 15) is 27.6 Å². The smallest absolute Gasteiger partial charge is 0.249 e. The molecule has 3 aliphatic heterocycles. The normalized spacial score (nSPS) is 19.6. The minimum absolute atomic E-state index is 0.0499. The number of nitrogens with zero attached hydrogens (tertiary/aromatic N) is 3. The lowest BCUT2D eigenvalue weighted by atomic mass is 9.86. The Bertz CT molecular complexity index is 2180. The molecule has 17 heteroatoms. The van der Waals surface area contributed by atoms with Crippen LogP contribution in [0, 0.1) is 6.92 Å². The number of carbonyl (C=O) groups excluding carboxylic acids is 4. The van der Waals surface area contributed by atoms with Crippen molar-refractivity contribution in [1.29, 1.82) is 0 Å². The molecule has 3 fully saturated rings. The minimum Gasteiger partial charge on any atom is -0.489 e. The topological polar surface area (TPSA) is 191 Å². The van der Waals surface area contributed by atoms with Crippen molar-refractivity contribution in [2.24, 2.45) is 4.99 Å². The molecule has 0 bridgehead atoms. The third-order valence-electron chi connectivity index (χ3n) is 12.7. The number of amides is 4. The van der Waals surface area contributed by atoms with Crippen LogP contribution in [0.1, 0.15) is 135 Å². The van der Waals surface area contributed by atoms with Gasteiger partial charge in [-0.1, -0.05) is 55.8 Å². The average Bonchev–Trinajstić information content (AvgIpc) is 3.73. The van der Waals surface area contributed by atoms with E-state index < -0.39 is 32.6 Å². The number of imide groups is 1. The number of unbranched alkanes of at least 4 members (excludes halogenated alkanes) is 4. The molecule has 0 aromatic heterocycles. The lowest BCUT2D eigenvalue weighted by Gasteiger charge is -2.33. The summed E-state index contributed by atoms with van der Waals surface area (Å²) < 4.78 is 32.6. The number of likely N-dealkylation sites (tertiary alicyclic amines) is 1. The maximum Gasteiger partial charge on any atom is 0.249 e. The highest BCUT2D eigenvalue weighted by molar-refractivity contribution is 7.92. The van der Waals surface area contributed by atoms with Crippen LogP contribution < -0.4 is 31.4 Å². The maximum atomic E-state index is 13.3. The van der Waals surface area contributed by atoms with Crippen molar-refractivity contribution < 1.29 is 32.3 Å². The van der Waals surface area contributed by atoms with Crippen LogP contribution in [0.15, 0.2) is 57.6 Å². The second-order valence-electron chi connectivity index (χ2n) is 18.3. The number of benzene rings is 2. The number of nitrogens with one attached hydrogen (secondary N) is 5. The van der Waals surface area contributed by atoms with E-state index >= 15 is 0 Å². The highest BCUT2D eigenvalue weighted by Crippen LogP contribution is 2.38. The Balaban J connectivity index is 0.933. The molecule has 1 aliphatic carbocycles. The van der Waals surface area contributed by atoms with Crippen LogP contribution in [0.4, 0.5) is 11.4 Å². The van der Waals surface area contributed by atoms with Crippen LogP contribution in [0.5, 0.6) is 5.75 Å².